The fourth-order valence-corrected chi connectivity index (χ4v) is 4.76. The Labute approximate surface area is 248 Å². The number of fused-ring (bicyclic) bond motifs is 2. The first-order valence-electron chi connectivity index (χ1n) is 13.9. The number of imide groups is 1. The molecule has 2 aromatic carbocycles. The second-order valence-electron chi connectivity index (χ2n) is 9.97. The number of nitrogens with zero attached hydrogens (tertiary/aromatic N) is 3. The summed E-state index contributed by atoms with van der Waals surface area (Å²) >= 11 is 0. The van der Waals surface area contributed by atoms with E-state index in [0.29, 0.717) is 39.7 Å². The van der Waals surface area contributed by atoms with E-state index in [1.165, 1.54) is 23.3 Å². The summed E-state index contributed by atoms with van der Waals surface area (Å²) in [4.78, 5) is 30.5. The number of primary amides is 1. The van der Waals surface area contributed by atoms with Crippen LogP contribution in [0.4, 0.5) is 14.9 Å². The standard InChI is InChI=1S/C26H29FN4O6.C6H4/c1-17(32)31(26(28)33)22-5-4-18(14-20(22)27)37-23-6-7-29-21-16-25(24(34-2)15-19(21)23)36-11-3-8-30-9-12-35-13-10-30;1-2-5-4-6(5)3-1/h4-7,14-16H,3,8-13H2,1-2H3,(H2,28,33);1-4H. The molecule has 3 aliphatic rings. The lowest BCUT2D eigenvalue weighted by Crippen LogP contribution is -2.39. The lowest BCUT2D eigenvalue weighted by molar-refractivity contribution is -0.115. The van der Waals surface area contributed by atoms with Crippen molar-refractivity contribution in [1.29, 1.82) is 0 Å². The van der Waals surface area contributed by atoms with Crippen molar-refractivity contribution < 1.29 is 32.9 Å². The number of morpholine rings is 1. The van der Waals surface area contributed by atoms with Crippen molar-refractivity contribution in [1.82, 2.24) is 9.88 Å². The maximum atomic E-state index is 14.7. The molecular weight excluding hydrogens is 555 g/mol. The molecule has 3 amide bonds. The number of hydrogen-bond acceptors (Lipinski definition) is 8. The van der Waals surface area contributed by atoms with E-state index in [9.17, 15) is 14.0 Å². The number of ether oxygens (including phenoxy) is 4. The van der Waals surface area contributed by atoms with E-state index < -0.39 is 17.8 Å². The molecule has 10 nitrogen and oxygen atoms in total. The summed E-state index contributed by atoms with van der Waals surface area (Å²) in [6, 6.07) is 16.3. The fourth-order valence-electron chi connectivity index (χ4n) is 4.76. The molecule has 1 aromatic heterocycles. The van der Waals surface area contributed by atoms with Crippen LogP contribution in [0.5, 0.6) is 23.0 Å². The van der Waals surface area contributed by atoms with Crippen LogP contribution in [0, 0.1) is 5.82 Å². The number of aromatic nitrogens is 1. The van der Waals surface area contributed by atoms with Gasteiger partial charge in [-0.1, -0.05) is 18.2 Å². The molecule has 0 bridgehead atoms. The number of carbonyl (C=O) groups excluding carboxylic acids is 2. The molecule has 2 N–H and O–H groups in total. The topological polar surface area (TPSA) is 116 Å². The summed E-state index contributed by atoms with van der Waals surface area (Å²) in [6.45, 7) is 5.94. The molecule has 0 atom stereocenters. The van der Waals surface area contributed by atoms with Crippen LogP contribution in [0.15, 0.2) is 66.9 Å². The highest BCUT2D eigenvalue weighted by molar-refractivity contribution is 6.12. The molecule has 2 heterocycles. The molecular formula is C32H33FN4O6. The predicted octanol–water partition coefficient (Wildman–Crippen LogP) is 5.37. The molecule has 3 aromatic rings. The number of urea groups is 1. The lowest BCUT2D eigenvalue weighted by atomic mass is 10.1. The summed E-state index contributed by atoms with van der Waals surface area (Å²) in [7, 11) is 1.55. The van der Waals surface area contributed by atoms with Gasteiger partial charge in [0, 0.05) is 50.3 Å². The minimum absolute atomic E-state index is 0.157. The van der Waals surface area contributed by atoms with Gasteiger partial charge in [0.15, 0.2) is 17.3 Å². The number of anilines is 1. The predicted molar refractivity (Wildman–Crippen MR) is 160 cm³/mol. The first-order valence-corrected chi connectivity index (χ1v) is 13.9. The van der Waals surface area contributed by atoms with Crippen LogP contribution in [0.3, 0.4) is 0 Å². The van der Waals surface area contributed by atoms with E-state index in [1.807, 2.05) is 0 Å². The van der Waals surface area contributed by atoms with Gasteiger partial charge >= 0.3 is 6.03 Å². The van der Waals surface area contributed by atoms with Gasteiger partial charge in [-0.15, -0.1) is 0 Å². The first-order chi connectivity index (χ1) is 20.8. The third kappa shape index (κ3) is 7.37. The SMILES string of the molecule is COc1cc2c(Oc3ccc(N(C(C)=O)C(N)=O)c(F)c3)ccnc2cc1OCCCN1CCOCC1.c1cc2cc-2c1. The number of pyridine rings is 1. The van der Waals surface area contributed by atoms with E-state index in [-0.39, 0.29) is 11.4 Å². The van der Waals surface area contributed by atoms with Crippen LogP contribution in [0.2, 0.25) is 0 Å². The Bertz CT molecular complexity index is 1590. The Morgan fingerprint density at radius 2 is 1.79 bits per heavy atom. The highest BCUT2D eigenvalue weighted by atomic mass is 19.1. The van der Waals surface area contributed by atoms with E-state index in [2.05, 4.69) is 34.1 Å². The Kier molecular flexibility index (Phi) is 9.33. The van der Waals surface area contributed by atoms with Gasteiger partial charge in [0.25, 0.3) is 0 Å². The number of nitrogens with two attached hydrogens (primary N) is 1. The molecule has 0 radical (unpaired) electrons. The monoisotopic (exact) mass is 588 g/mol. The minimum atomic E-state index is -1.08. The Balaban J connectivity index is 0.000000537. The van der Waals surface area contributed by atoms with Crippen molar-refractivity contribution in [3.05, 3.63) is 72.7 Å². The molecule has 0 saturated carbocycles. The molecule has 2 aliphatic carbocycles. The summed E-state index contributed by atoms with van der Waals surface area (Å²) < 4.78 is 37.6. The van der Waals surface area contributed by atoms with Crippen LogP contribution in [-0.2, 0) is 9.53 Å². The summed E-state index contributed by atoms with van der Waals surface area (Å²) in [5.41, 5.74) is 8.41. The molecule has 224 valence electrons. The molecule has 0 spiro atoms. The van der Waals surface area contributed by atoms with E-state index in [1.54, 1.807) is 31.5 Å². The second kappa shape index (κ2) is 13.5. The largest absolute Gasteiger partial charge is 0.493 e. The van der Waals surface area contributed by atoms with Gasteiger partial charge in [-0.25, -0.2) is 14.1 Å². The normalized spacial score (nSPS) is 13.5. The van der Waals surface area contributed by atoms with Crippen molar-refractivity contribution in [2.45, 2.75) is 13.3 Å². The summed E-state index contributed by atoms with van der Waals surface area (Å²) in [6.07, 6.45) is 2.43. The van der Waals surface area contributed by atoms with Crippen LogP contribution in [-0.4, -0.2) is 68.4 Å². The number of amides is 3. The number of halogens is 1. The fraction of sp³-hybridized carbons (Fsp3) is 0.281. The van der Waals surface area contributed by atoms with Gasteiger partial charge < -0.3 is 24.7 Å². The highest BCUT2D eigenvalue weighted by Gasteiger charge is 2.22. The first kappa shape index (κ1) is 29.7. The van der Waals surface area contributed by atoms with E-state index >= 15 is 0 Å². The van der Waals surface area contributed by atoms with Crippen LogP contribution in [0.1, 0.15) is 13.3 Å². The molecule has 1 saturated heterocycles. The average Bonchev–Trinajstić information content (AvgIpc) is 3.60. The molecule has 6 rings (SSSR count). The Hall–Kier alpha value is -4.74. The van der Waals surface area contributed by atoms with Gasteiger partial charge in [0.1, 0.15) is 11.5 Å². The number of methoxy groups -OCH3 is 1. The molecule has 1 fully saturated rings. The van der Waals surface area contributed by atoms with E-state index in [0.717, 1.165) is 52.3 Å². The molecule has 0 unspecified atom stereocenters. The van der Waals surface area contributed by atoms with Crippen molar-refractivity contribution in [3.8, 4) is 34.1 Å². The molecule has 11 heteroatoms. The number of carbonyl (C=O) groups is 2. The van der Waals surface area contributed by atoms with Gasteiger partial charge in [-0.05, 0) is 47.9 Å². The maximum absolute atomic E-state index is 14.7. The summed E-state index contributed by atoms with van der Waals surface area (Å²) in [5, 5.41) is 0.631. The van der Waals surface area contributed by atoms with Crippen molar-refractivity contribution in [2.24, 2.45) is 5.73 Å². The van der Waals surface area contributed by atoms with E-state index in [4.69, 9.17) is 24.7 Å². The lowest BCUT2D eigenvalue weighted by Gasteiger charge is -2.26. The second-order valence-corrected chi connectivity index (χ2v) is 9.97. The zero-order valence-corrected chi connectivity index (χ0v) is 24.0. The average molecular weight is 589 g/mol. The molecule has 43 heavy (non-hydrogen) atoms. The number of benzene rings is 3. The van der Waals surface area contributed by atoms with Crippen LogP contribution >= 0.6 is 0 Å². The molecule has 1 aliphatic heterocycles. The zero-order valence-electron chi connectivity index (χ0n) is 24.0. The van der Waals surface area contributed by atoms with Crippen molar-refractivity contribution in [3.63, 3.8) is 0 Å². The zero-order chi connectivity index (χ0) is 30.3. The van der Waals surface area contributed by atoms with Gasteiger partial charge in [0.05, 0.1) is 38.1 Å². The highest BCUT2D eigenvalue weighted by Crippen LogP contribution is 2.38. The van der Waals surface area contributed by atoms with Gasteiger partial charge in [-0.3, -0.25) is 14.7 Å². The third-order valence-electron chi connectivity index (χ3n) is 7.00. The van der Waals surface area contributed by atoms with Crippen molar-refractivity contribution >= 4 is 28.5 Å². The Morgan fingerprint density at radius 1 is 1.02 bits per heavy atom. The number of hydrogen-bond donors (Lipinski definition) is 1. The Morgan fingerprint density at radius 3 is 2.40 bits per heavy atom. The number of rotatable bonds is 9. The van der Waals surface area contributed by atoms with Crippen molar-refractivity contribution in [2.75, 3.05) is 51.5 Å². The van der Waals surface area contributed by atoms with Gasteiger partial charge in [0.2, 0.25) is 5.91 Å². The van der Waals surface area contributed by atoms with Crippen LogP contribution < -0.4 is 24.8 Å². The minimum Gasteiger partial charge on any atom is -0.493 e. The third-order valence-corrected chi connectivity index (χ3v) is 7.00. The van der Waals surface area contributed by atoms with Crippen LogP contribution in [0.25, 0.3) is 22.0 Å². The smallest absolute Gasteiger partial charge is 0.326 e. The quantitative estimate of drug-likeness (QED) is 0.228. The van der Waals surface area contributed by atoms with Gasteiger partial charge in [-0.2, -0.15) is 0 Å². The maximum Gasteiger partial charge on any atom is 0.326 e. The summed E-state index contributed by atoms with van der Waals surface area (Å²) in [5.74, 6) is 0.1000.